The second-order valence-electron chi connectivity index (χ2n) is 4.95. The van der Waals surface area contributed by atoms with Crippen LogP contribution in [0, 0.1) is 6.92 Å². The summed E-state index contributed by atoms with van der Waals surface area (Å²) >= 11 is 0. The van der Waals surface area contributed by atoms with Crippen LogP contribution in [0.5, 0.6) is 0 Å². The average molecular weight is 412 g/mol. The van der Waals surface area contributed by atoms with Crippen LogP contribution in [0.15, 0.2) is 41.9 Å². The van der Waals surface area contributed by atoms with Crippen molar-refractivity contribution in [2.24, 2.45) is 4.99 Å². The van der Waals surface area contributed by atoms with Crippen LogP contribution in [0.25, 0.3) is 10.9 Å². The Morgan fingerprint density at radius 1 is 1.32 bits per heavy atom. The molecule has 0 aliphatic rings. The van der Waals surface area contributed by atoms with E-state index >= 15 is 0 Å². The first-order valence-corrected chi connectivity index (χ1v) is 7.45. The molecule has 0 aliphatic carbocycles. The second kappa shape index (κ2) is 9.50. The summed E-state index contributed by atoms with van der Waals surface area (Å²) in [6, 6.07) is 8.42. The summed E-state index contributed by atoms with van der Waals surface area (Å²) in [5, 5.41) is 7.75. The van der Waals surface area contributed by atoms with E-state index in [-0.39, 0.29) is 24.0 Å². The highest BCUT2D eigenvalue weighted by Crippen LogP contribution is 2.22. The van der Waals surface area contributed by atoms with Crippen molar-refractivity contribution in [2.45, 2.75) is 20.3 Å². The molecule has 0 saturated carbocycles. The molecule has 3 N–H and O–H groups in total. The fraction of sp³-hybridized carbons (Fsp3) is 0.353. The molecular formula is C17H25IN4. The number of aryl methyl sites for hydroxylation is 1. The molecule has 0 bridgehead atoms. The molecule has 1 aromatic heterocycles. The van der Waals surface area contributed by atoms with Crippen molar-refractivity contribution < 1.29 is 0 Å². The number of guanidine groups is 1. The minimum atomic E-state index is 0. The SMILES string of the molecule is C=CCNC(=NCCc1c(C)[nH]c2ccccc12)NCC.I. The van der Waals surface area contributed by atoms with Crippen molar-refractivity contribution in [3.63, 3.8) is 0 Å². The summed E-state index contributed by atoms with van der Waals surface area (Å²) in [6.07, 6.45) is 2.76. The fourth-order valence-electron chi connectivity index (χ4n) is 2.45. The summed E-state index contributed by atoms with van der Waals surface area (Å²) < 4.78 is 0. The normalized spacial score (nSPS) is 11.1. The predicted molar refractivity (Wildman–Crippen MR) is 106 cm³/mol. The van der Waals surface area contributed by atoms with Crippen molar-refractivity contribution >= 4 is 40.8 Å². The Morgan fingerprint density at radius 2 is 2.09 bits per heavy atom. The maximum Gasteiger partial charge on any atom is 0.191 e. The molecule has 0 atom stereocenters. The lowest BCUT2D eigenvalue weighted by Gasteiger charge is -2.09. The Hall–Kier alpha value is -1.50. The number of aromatic amines is 1. The summed E-state index contributed by atoms with van der Waals surface area (Å²) in [6.45, 7) is 10.2. The minimum Gasteiger partial charge on any atom is -0.358 e. The summed E-state index contributed by atoms with van der Waals surface area (Å²) in [4.78, 5) is 8.04. The van der Waals surface area contributed by atoms with Gasteiger partial charge in [0, 0.05) is 36.2 Å². The van der Waals surface area contributed by atoms with Crippen LogP contribution >= 0.6 is 24.0 Å². The quantitative estimate of drug-likeness (QED) is 0.295. The van der Waals surface area contributed by atoms with Crippen molar-refractivity contribution in [3.8, 4) is 0 Å². The molecule has 1 heterocycles. The number of hydrogen-bond donors (Lipinski definition) is 3. The Morgan fingerprint density at radius 3 is 2.82 bits per heavy atom. The van der Waals surface area contributed by atoms with E-state index < -0.39 is 0 Å². The molecule has 0 unspecified atom stereocenters. The minimum absolute atomic E-state index is 0. The van der Waals surface area contributed by atoms with Gasteiger partial charge in [-0.2, -0.15) is 0 Å². The number of halogens is 1. The smallest absolute Gasteiger partial charge is 0.191 e. The lowest BCUT2D eigenvalue weighted by molar-refractivity contribution is 0.851. The summed E-state index contributed by atoms with van der Waals surface area (Å²) in [5.41, 5.74) is 3.79. The zero-order valence-corrected chi connectivity index (χ0v) is 15.6. The van der Waals surface area contributed by atoms with E-state index in [1.807, 2.05) is 6.08 Å². The van der Waals surface area contributed by atoms with Gasteiger partial charge < -0.3 is 15.6 Å². The van der Waals surface area contributed by atoms with Crippen LogP contribution in [0.4, 0.5) is 0 Å². The standard InChI is InChI=1S/C17H24N4.HI/c1-4-11-19-17(18-5-2)20-12-10-14-13(3)21-16-9-7-6-8-15(14)16;/h4,6-9,21H,1,5,10-12H2,2-3H3,(H2,18,19,20);1H. The fourth-order valence-corrected chi connectivity index (χ4v) is 2.45. The maximum absolute atomic E-state index is 4.61. The van der Waals surface area contributed by atoms with Crippen molar-refractivity contribution in [1.29, 1.82) is 0 Å². The molecule has 0 spiro atoms. The Kier molecular flexibility index (Phi) is 8.01. The number of benzene rings is 1. The first kappa shape index (κ1) is 18.5. The van der Waals surface area contributed by atoms with Crippen LogP contribution in [-0.2, 0) is 6.42 Å². The van der Waals surface area contributed by atoms with Crippen LogP contribution in [0.3, 0.4) is 0 Å². The third kappa shape index (κ3) is 4.76. The highest BCUT2D eigenvalue weighted by Gasteiger charge is 2.07. The number of nitrogens with zero attached hydrogens (tertiary/aromatic N) is 1. The first-order chi connectivity index (χ1) is 10.3. The highest BCUT2D eigenvalue weighted by molar-refractivity contribution is 14.0. The number of H-pyrrole nitrogens is 1. The number of aliphatic imine (C=N–C) groups is 1. The highest BCUT2D eigenvalue weighted by atomic mass is 127. The average Bonchev–Trinajstić information content (AvgIpc) is 2.81. The number of nitrogens with one attached hydrogen (secondary N) is 3. The van der Waals surface area contributed by atoms with Crippen LogP contribution in [0.1, 0.15) is 18.2 Å². The molecule has 0 amide bonds. The van der Waals surface area contributed by atoms with E-state index in [0.29, 0.717) is 0 Å². The topological polar surface area (TPSA) is 52.2 Å². The number of fused-ring (bicyclic) bond motifs is 1. The molecular weight excluding hydrogens is 387 g/mol. The molecule has 5 heteroatoms. The van der Waals surface area contributed by atoms with Crippen molar-refractivity contribution in [2.75, 3.05) is 19.6 Å². The van der Waals surface area contributed by atoms with Gasteiger partial charge in [-0.25, -0.2) is 0 Å². The molecule has 0 radical (unpaired) electrons. The summed E-state index contributed by atoms with van der Waals surface area (Å²) in [7, 11) is 0. The third-order valence-corrected chi connectivity index (χ3v) is 3.42. The Labute approximate surface area is 149 Å². The molecule has 22 heavy (non-hydrogen) atoms. The molecule has 4 nitrogen and oxygen atoms in total. The number of rotatable bonds is 6. The van der Waals surface area contributed by atoms with Gasteiger partial charge in [0.2, 0.25) is 0 Å². The molecule has 2 rings (SSSR count). The van der Waals surface area contributed by atoms with Gasteiger partial charge >= 0.3 is 0 Å². The van der Waals surface area contributed by atoms with Crippen molar-refractivity contribution in [1.82, 2.24) is 15.6 Å². The molecule has 0 aliphatic heterocycles. The molecule has 0 saturated heterocycles. The molecule has 2 aromatic rings. The van der Waals surface area contributed by atoms with Crippen molar-refractivity contribution in [3.05, 3.63) is 48.2 Å². The van der Waals surface area contributed by atoms with E-state index in [1.165, 1.54) is 22.2 Å². The molecule has 1 aromatic carbocycles. The van der Waals surface area contributed by atoms with Gasteiger partial charge in [-0.3, -0.25) is 4.99 Å². The van der Waals surface area contributed by atoms with Gasteiger partial charge in [-0.05, 0) is 31.9 Å². The predicted octanol–water partition coefficient (Wildman–Crippen LogP) is 3.38. The zero-order chi connectivity index (χ0) is 15.1. The van der Waals surface area contributed by atoms with Crippen LogP contribution in [0.2, 0.25) is 0 Å². The lowest BCUT2D eigenvalue weighted by Crippen LogP contribution is -2.37. The van der Waals surface area contributed by atoms with Gasteiger partial charge in [0.15, 0.2) is 5.96 Å². The van der Waals surface area contributed by atoms with E-state index in [1.54, 1.807) is 0 Å². The maximum atomic E-state index is 4.61. The van der Waals surface area contributed by atoms with E-state index in [4.69, 9.17) is 0 Å². The first-order valence-electron chi connectivity index (χ1n) is 7.45. The third-order valence-electron chi connectivity index (χ3n) is 3.42. The van der Waals surface area contributed by atoms with E-state index in [0.717, 1.165) is 32.0 Å². The van der Waals surface area contributed by atoms with Gasteiger partial charge in [0.25, 0.3) is 0 Å². The van der Waals surface area contributed by atoms with Gasteiger partial charge in [0.05, 0.1) is 0 Å². The van der Waals surface area contributed by atoms with Gasteiger partial charge in [-0.15, -0.1) is 30.6 Å². The Bertz CT molecular complexity index is 631. The van der Waals surface area contributed by atoms with E-state index in [2.05, 4.69) is 65.3 Å². The van der Waals surface area contributed by atoms with Gasteiger partial charge in [0.1, 0.15) is 0 Å². The Balaban J connectivity index is 0.00000242. The molecule has 0 fully saturated rings. The van der Waals surface area contributed by atoms with Crippen LogP contribution < -0.4 is 10.6 Å². The second-order valence-corrected chi connectivity index (χ2v) is 4.95. The van der Waals surface area contributed by atoms with Gasteiger partial charge in [-0.1, -0.05) is 24.3 Å². The number of para-hydroxylation sites is 1. The number of hydrogen-bond acceptors (Lipinski definition) is 1. The summed E-state index contributed by atoms with van der Waals surface area (Å²) in [5.74, 6) is 0.842. The van der Waals surface area contributed by atoms with E-state index in [9.17, 15) is 0 Å². The lowest BCUT2D eigenvalue weighted by atomic mass is 10.1. The monoisotopic (exact) mass is 412 g/mol. The largest absolute Gasteiger partial charge is 0.358 e. The molecule has 120 valence electrons. The zero-order valence-electron chi connectivity index (χ0n) is 13.3. The van der Waals surface area contributed by atoms with Crippen LogP contribution in [-0.4, -0.2) is 30.6 Å². The number of aromatic nitrogens is 1.